The molecule has 1 heteroatoms. The zero-order chi connectivity index (χ0) is 9.26. The zero-order valence-corrected chi connectivity index (χ0v) is 7.89. The van der Waals surface area contributed by atoms with Gasteiger partial charge in [0.2, 0.25) is 5.83 Å². The van der Waals surface area contributed by atoms with Crippen LogP contribution in [0.3, 0.4) is 0 Å². The van der Waals surface area contributed by atoms with Crippen LogP contribution in [0.2, 0.25) is 0 Å². The van der Waals surface area contributed by atoms with E-state index in [1.54, 1.807) is 12.2 Å². The van der Waals surface area contributed by atoms with Gasteiger partial charge in [0.25, 0.3) is 0 Å². The molecule has 0 bridgehead atoms. The third-order valence-corrected chi connectivity index (χ3v) is 2.87. The molecule has 13 heavy (non-hydrogen) atoms. The van der Waals surface area contributed by atoms with E-state index in [-0.39, 0.29) is 5.83 Å². The molecule has 0 aromatic carbocycles. The fourth-order valence-corrected chi connectivity index (χ4v) is 2.14. The van der Waals surface area contributed by atoms with Gasteiger partial charge in [-0.2, -0.15) is 4.39 Å². The molecule has 2 aliphatic carbocycles. The van der Waals surface area contributed by atoms with E-state index in [2.05, 4.69) is 6.92 Å². The van der Waals surface area contributed by atoms with Crippen LogP contribution >= 0.6 is 0 Å². The minimum absolute atomic E-state index is 0.121. The molecule has 2 rings (SSSR count). The van der Waals surface area contributed by atoms with Crippen molar-refractivity contribution < 1.29 is 4.39 Å². The summed E-state index contributed by atoms with van der Waals surface area (Å²) in [6.07, 6.45) is 10.6. The van der Waals surface area contributed by atoms with Gasteiger partial charge < -0.3 is 0 Å². The molecule has 0 aromatic heterocycles. The molecule has 1 atom stereocenters. The summed E-state index contributed by atoms with van der Waals surface area (Å²) in [5, 5.41) is 0. The van der Waals surface area contributed by atoms with Crippen molar-refractivity contribution >= 4 is 0 Å². The lowest BCUT2D eigenvalue weighted by atomic mass is 9.94. The molecular formula is C12H14F+. The lowest BCUT2D eigenvalue weighted by molar-refractivity contribution is 0.661. The van der Waals surface area contributed by atoms with E-state index in [0.29, 0.717) is 5.92 Å². The standard InChI is InChI=1S/C12H14F/c1-9-4-2-7-12(9)10-5-3-6-11(13)8-10/h3,5-6,8-9H,2,4,7H2,1H3/q+1/b12-10+. The summed E-state index contributed by atoms with van der Waals surface area (Å²) in [7, 11) is 0. The predicted molar refractivity (Wildman–Crippen MR) is 52.7 cm³/mol. The highest BCUT2D eigenvalue weighted by Gasteiger charge is 2.25. The van der Waals surface area contributed by atoms with Gasteiger partial charge in [0.15, 0.2) is 0 Å². The number of hydrogen-bond acceptors (Lipinski definition) is 0. The van der Waals surface area contributed by atoms with Crippen LogP contribution in [-0.4, -0.2) is 0 Å². The van der Waals surface area contributed by atoms with E-state index in [4.69, 9.17) is 0 Å². The Morgan fingerprint density at radius 1 is 1.54 bits per heavy atom. The zero-order valence-electron chi connectivity index (χ0n) is 7.89. The second-order valence-corrected chi connectivity index (χ2v) is 3.83. The fraction of sp³-hybridized carbons (Fsp3) is 0.417. The topological polar surface area (TPSA) is 0 Å². The SMILES string of the molecule is CC1CCC/C1=C1\C=C(F)C=C[CH+]1. The van der Waals surface area contributed by atoms with E-state index in [1.807, 2.05) is 6.42 Å². The molecule has 0 aromatic rings. The maximum atomic E-state index is 12.9. The summed E-state index contributed by atoms with van der Waals surface area (Å²) in [6.45, 7) is 2.23. The average Bonchev–Trinajstić information content (AvgIpc) is 2.51. The van der Waals surface area contributed by atoms with Crippen LogP contribution < -0.4 is 0 Å². The van der Waals surface area contributed by atoms with Gasteiger partial charge in [0.05, 0.1) is 17.7 Å². The largest absolute Gasteiger partial charge is 0.205 e. The van der Waals surface area contributed by atoms with E-state index in [1.165, 1.54) is 24.5 Å². The van der Waals surface area contributed by atoms with Crippen LogP contribution in [-0.2, 0) is 0 Å². The normalized spacial score (nSPS) is 33.1. The van der Waals surface area contributed by atoms with Gasteiger partial charge >= 0.3 is 0 Å². The van der Waals surface area contributed by atoms with Gasteiger partial charge in [-0.25, -0.2) is 0 Å². The Kier molecular flexibility index (Phi) is 2.26. The number of allylic oxidation sites excluding steroid dienone is 6. The Bertz CT molecular complexity index is 294. The van der Waals surface area contributed by atoms with Crippen molar-refractivity contribution in [1.29, 1.82) is 0 Å². The first-order chi connectivity index (χ1) is 6.27. The summed E-state index contributed by atoms with van der Waals surface area (Å²) in [4.78, 5) is 0. The third kappa shape index (κ3) is 1.69. The molecular weight excluding hydrogens is 163 g/mol. The van der Waals surface area contributed by atoms with Crippen molar-refractivity contribution in [3.8, 4) is 0 Å². The fourth-order valence-electron chi connectivity index (χ4n) is 2.14. The molecule has 2 aliphatic rings. The Labute approximate surface area is 78.8 Å². The van der Waals surface area contributed by atoms with Crippen LogP contribution in [0.15, 0.2) is 35.2 Å². The Morgan fingerprint density at radius 2 is 2.38 bits per heavy atom. The minimum atomic E-state index is -0.121. The molecule has 0 radical (unpaired) electrons. The Morgan fingerprint density at radius 3 is 3.00 bits per heavy atom. The quantitative estimate of drug-likeness (QED) is 0.494. The van der Waals surface area contributed by atoms with Gasteiger partial charge in [-0.15, -0.1) is 0 Å². The summed E-state index contributed by atoms with van der Waals surface area (Å²) in [5.74, 6) is 0.519. The lowest BCUT2D eigenvalue weighted by Gasteiger charge is -2.05. The number of rotatable bonds is 0. The maximum absolute atomic E-state index is 12.9. The molecule has 0 N–H and O–H groups in total. The average molecular weight is 177 g/mol. The molecule has 0 amide bonds. The first-order valence-electron chi connectivity index (χ1n) is 4.89. The van der Waals surface area contributed by atoms with E-state index in [9.17, 15) is 4.39 Å². The van der Waals surface area contributed by atoms with Crippen molar-refractivity contribution in [2.75, 3.05) is 0 Å². The van der Waals surface area contributed by atoms with E-state index >= 15 is 0 Å². The molecule has 1 saturated carbocycles. The summed E-state index contributed by atoms with van der Waals surface area (Å²) in [6, 6.07) is 0. The van der Waals surface area contributed by atoms with Gasteiger partial charge in [0, 0.05) is 30.4 Å². The smallest absolute Gasteiger partial charge is 0.183 e. The summed E-state index contributed by atoms with van der Waals surface area (Å²) < 4.78 is 12.9. The molecule has 68 valence electrons. The van der Waals surface area contributed by atoms with Crippen molar-refractivity contribution in [2.45, 2.75) is 26.2 Å². The van der Waals surface area contributed by atoms with Crippen molar-refractivity contribution in [3.05, 3.63) is 41.6 Å². The first-order valence-corrected chi connectivity index (χ1v) is 4.89. The lowest BCUT2D eigenvalue weighted by Crippen LogP contribution is -1.96. The Balaban J connectivity index is 2.28. The third-order valence-electron chi connectivity index (χ3n) is 2.87. The number of hydrogen-bond donors (Lipinski definition) is 0. The number of halogens is 1. The molecule has 0 spiro atoms. The highest BCUT2D eigenvalue weighted by molar-refractivity contribution is 5.45. The monoisotopic (exact) mass is 177 g/mol. The van der Waals surface area contributed by atoms with Gasteiger partial charge in [-0.1, -0.05) is 0 Å². The molecule has 0 saturated heterocycles. The van der Waals surface area contributed by atoms with Crippen LogP contribution in [0.25, 0.3) is 0 Å². The summed E-state index contributed by atoms with van der Waals surface area (Å²) in [5.41, 5.74) is 2.53. The maximum Gasteiger partial charge on any atom is 0.205 e. The van der Waals surface area contributed by atoms with Gasteiger partial charge in [-0.3, -0.25) is 0 Å². The molecule has 0 nitrogen and oxygen atoms in total. The molecule has 0 aliphatic heterocycles. The predicted octanol–water partition coefficient (Wildman–Crippen LogP) is 3.73. The van der Waals surface area contributed by atoms with Crippen LogP contribution in [0, 0.1) is 12.3 Å². The second kappa shape index (κ2) is 3.41. The molecule has 1 unspecified atom stereocenters. The van der Waals surface area contributed by atoms with Crippen molar-refractivity contribution in [3.63, 3.8) is 0 Å². The minimum Gasteiger partial charge on any atom is -0.183 e. The highest BCUT2D eigenvalue weighted by atomic mass is 19.1. The van der Waals surface area contributed by atoms with Gasteiger partial charge in [0.1, 0.15) is 0 Å². The van der Waals surface area contributed by atoms with Gasteiger partial charge in [-0.05, 0) is 19.8 Å². The highest BCUT2D eigenvalue weighted by Crippen LogP contribution is 2.35. The van der Waals surface area contributed by atoms with Crippen molar-refractivity contribution in [1.82, 2.24) is 0 Å². The van der Waals surface area contributed by atoms with Crippen LogP contribution in [0.5, 0.6) is 0 Å². The van der Waals surface area contributed by atoms with Crippen LogP contribution in [0.4, 0.5) is 4.39 Å². The van der Waals surface area contributed by atoms with E-state index < -0.39 is 0 Å². The molecule has 0 heterocycles. The van der Waals surface area contributed by atoms with Crippen molar-refractivity contribution in [2.24, 2.45) is 5.92 Å². The first kappa shape index (κ1) is 8.61. The Hall–Kier alpha value is -0.980. The second-order valence-electron chi connectivity index (χ2n) is 3.83. The van der Waals surface area contributed by atoms with E-state index in [0.717, 1.165) is 12.0 Å². The van der Waals surface area contributed by atoms with Crippen LogP contribution in [0.1, 0.15) is 26.2 Å². The molecule has 1 fully saturated rings. The summed E-state index contributed by atoms with van der Waals surface area (Å²) >= 11 is 0.